The Morgan fingerprint density at radius 1 is 0.421 bits per heavy atom. The number of hydrogen-bond acceptors (Lipinski definition) is 4. The molecule has 0 aliphatic heterocycles. The molecule has 0 aliphatic carbocycles. The molecule has 0 N–H and O–H groups in total. The van der Waals surface area contributed by atoms with Gasteiger partial charge in [0.1, 0.15) is 11.2 Å². The van der Waals surface area contributed by atoms with Crippen molar-refractivity contribution in [3.63, 3.8) is 0 Å². The first kappa shape index (κ1) is 32.0. The fourth-order valence-corrected chi connectivity index (χ4v) is 9.80. The molecule has 0 atom stereocenters. The predicted octanol–water partition coefficient (Wildman–Crippen LogP) is 14.5. The maximum Gasteiger partial charge on any atom is 0.161 e. The van der Waals surface area contributed by atoms with Crippen molar-refractivity contribution in [3.05, 3.63) is 188 Å². The van der Waals surface area contributed by atoms with Crippen LogP contribution in [-0.2, 0) is 0 Å². The van der Waals surface area contributed by atoms with Crippen molar-refractivity contribution < 1.29 is 4.42 Å². The highest BCUT2D eigenvalue weighted by Crippen LogP contribution is 2.42. The molecule has 266 valence electrons. The van der Waals surface area contributed by atoms with Gasteiger partial charge in [-0.25, -0.2) is 9.97 Å². The SMILES string of the molecule is c1ccc(-c2ccc(-c3cc(-c4ccc(-n5c6ccccc6c6c7c(ccc65)oc5ccccc57)cc4)nc(-c4cccc5c4sc4ccccc45)n3)cc2)cc1. The summed E-state index contributed by atoms with van der Waals surface area (Å²) in [7, 11) is 0. The Morgan fingerprint density at radius 3 is 1.86 bits per heavy atom. The zero-order chi connectivity index (χ0) is 37.5. The van der Waals surface area contributed by atoms with Gasteiger partial charge in [0.2, 0.25) is 0 Å². The standard InChI is InChI=1S/C52H31N3OS/c1-2-11-32(12-3-1)33-21-23-34(24-22-33)42-31-43(54-52(53-42)41-17-10-16-38-37-13-6-9-20-48(37)57-51(38)41)35-25-27-36(28-26-35)55-44-18-7-4-14-39(44)49-45(55)29-30-47-50(49)40-15-5-8-19-46(40)56-47/h1-31H. The summed E-state index contributed by atoms with van der Waals surface area (Å²) >= 11 is 1.80. The lowest BCUT2D eigenvalue weighted by Gasteiger charge is -2.12. The van der Waals surface area contributed by atoms with Crippen molar-refractivity contribution in [1.29, 1.82) is 0 Å². The van der Waals surface area contributed by atoms with Crippen molar-refractivity contribution in [3.8, 4) is 50.7 Å². The molecule has 0 fully saturated rings. The van der Waals surface area contributed by atoms with Gasteiger partial charge >= 0.3 is 0 Å². The molecule has 57 heavy (non-hydrogen) atoms. The number of thiophene rings is 1. The smallest absolute Gasteiger partial charge is 0.161 e. The van der Waals surface area contributed by atoms with Crippen LogP contribution in [-0.4, -0.2) is 14.5 Å². The van der Waals surface area contributed by atoms with E-state index in [1.54, 1.807) is 11.3 Å². The average molecular weight is 746 g/mol. The number of nitrogens with zero attached hydrogens (tertiary/aromatic N) is 3. The molecule has 0 saturated heterocycles. The Morgan fingerprint density at radius 2 is 1.05 bits per heavy atom. The van der Waals surface area contributed by atoms with Crippen LogP contribution in [0.3, 0.4) is 0 Å². The fourth-order valence-electron chi connectivity index (χ4n) is 8.58. The quantitative estimate of drug-likeness (QED) is 0.176. The van der Waals surface area contributed by atoms with Crippen molar-refractivity contribution in [2.45, 2.75) is 0 Å². The number of furan rings is 1. The first-order valence-corrected chi connectivity index (χ1v) is 20.0. The largest absolute Gasteiger partial charge is 0.456 e. The number of rotatable bonds is 5. The van der Waals surface area contributed by atoms with E-state index in [1.807, 2.05) is 18.2 Å². The van der Waals surface area contributed by atoms with Crippen LogP contribution in [0, 0.1) is 0 Å². The summed E-state index contributed by atoms with van der Waals surface area (Å²) in [6.45, 7) is 0. The average Bonchev–Trinajstić information content (AvgIpc) is 3.96. The summed E-state index contributed by atoms with van der Waals surface area (Å²) in [5.41, 5.74) is 12.4. The third kappa shape index (κ3) is 5.06. The molecular weight excluding hydrogens is 715 g/mol. The van der Waals surface area contributed by atoms with Gasteiger partial charge in [0.25, 0.3) is 0 Å². The Kier molecular flexibility index (Phi) is 7.06. The Balaban J connectivity index is 1.02. The van der Waals surface area contributed by atoms with E-state index in [4.69, 9.17) is 14.4 Å². The molecule has 5 heteroatoms. The van der Waals surface area contributed by atoms with Crippen molar-refractivity contribution in [1.82, 2.24) is 14.5 Å². The Labute approximate surface area is 331 Å². The summed E-state index contributed by atoms with van der Waals surface area (Å²) in [6, 6.07) is 66.5. The van der Waals surface area contributed by atoms with E-state index in [0.717, 1.165) is 72.6 Å². The van der Waals surface area contributed by atoms with E-state index in [1.165, 1.54) is 42.1 Å². The second-order valence-electron chi connectivity index (χ2n) is 14.5. The minimum absolute atomic E-state index is 0.717. The van der Waals surface area contributed by atoms with E-state index < -0.39 is 0 Å². The van der Waals surface area contributed by atoms with Crippen LogP contribution in [0.15, 0.2) is 192 Å². The molecule has 0 spiro atoms. The molecule has 0 aliphatic rings. The zero-order valence-electron chi connectivity index (χ0n) is 30.6. The lowest BCUT2D eigenvalue weighted by Crippen LogP contribution is -1.97. The summed E-state index contributed by atoms with van der Waals surface area (Å²) in [6.07, 6.45) is 0. The Hall–Kier alpha value is -7.34. The second kappa shape index (κ2) is 12.6. The number of aromatic nitrogens is 3. The lowest BCUT2D eigenvalue weighted by atomic mass is 10.0. The van der Waals surface area contributed by atoms with Gasteiger partial charge in [-0.05, 0) is 65.7 Å². The van der Waals surface area contributed by atoms with Gasteiger partial charge in [-0.3, -0.25) is 0 Å². The highest BCUT2D eigenvalue weighted by molar-refractivity contribution is 7.26. The van der Waals surface area contributed by atoms with Crippen LogP contribution >= 0.6 is 11.3 Å². The Bertz CT molecular complexity index is 3500. The number of fused-ring (bicyclic) bond motifs is 10. The maximum atomic E-state index is 6.32. The molecule has 4 nitrogen and oxygen atoms in total. The van der Waals surface area contributed by atoms with E-state index in [-0.39, 0.29) is 0 Å². The molecule has 8 aromatic carbocycles. The highest BCUT2D eigenvalue weighted by Gasteiger charge is 2.20. The van der Waals surface area contributed by atoms with E-state index in [9.17, 15) is 0 Å². The van der Waals surface area contributed by atoms with Gasteiger partial charge in [0.15, 0.2) is 5.82 Å². The van der Waals surface area contributed by atoms with Crippen molar-refractivity contribution >= 4 is 75.3 Å². The third-order valence-electron chi connectivity index (χ3n) is 11.3. The van der Waals surface area contributed by atoms with E-state index in [2.05, 4.69) is 174 Å². The molecule has 0 unspecified atom stereocenters. The third-order valence-corrected chi connectivity index (χ3v) is 12.5. The van der Waals surface area contributed by atoms with Crippen molar-refractivity contribution in [2.24, 2.45) is 0 Å². The van der Waals surface area contributed by atoms with Crippen LogP contribution < -0.4 is 0 Å². The molecule has 0 bridgehead atoms. The van der Waals surface area contributed by atoms with Gasteiger partial charge in [0.05, 0.1) is 22.4 Å². The van der Waals surface area contributed by atoms with Gasteiger partial charge in [-0.1, -0.05) is 133 Å². The number of para-hydroxylation sites is 2. The minimum atomic E-state index is 0.717. The van der Waals surface area contributed by atoms with Gasteiger partial charge in [-0.15, -0.1) is 11.3 Å². The summed E-state index contributed by atoms with van der Waals surface area (Å²) in [5, 5.41) is 7.18. The lowest BCUT2D eigenvalue weighted by molar-refractivity contribution is 0.669. The topological polar surface area (TPSA) is 43.9 Å². The molecule has 4 aromatic heterocycles. The minimum Gasteiger partial charge on any atom is -0.456 e. The number of hydrogen-bond donors (Lipinski definition) is 0. The van der Waals surface area contributed by atoms with Gasteiger partial charge in [0, 0.05) is 64.1 Å². The van der Waals surface area contributed by atoms with Crippen LogP contribution in [0.2, 0.25) is 0 Å². The van der Waals surface area contributed by atoms with Crippen LogP contribution in [0.25, 0.3) is 115 Å². The number of benzene rings is 8. The predicted molar refractivity (Wildman–Crippen MR) is 238 cm³/mol. The summed E-state index contributed by atoms with van der Waals surface area (Å²) in [4.78, 5) is 10.6. The van der Waals surface area contributed by atoms with E-state index >= 15 is 0 Å². The maximum absolute atomic E-state index is 6.32. The monoisotopic (exact) mass is 745 g/mol. The van der Waals surface area contributed by atoms with Crippen LogP contribution in [0.5, 0.6) is 0 Å². The molecule has 0 saturated carbocycles. The second-order valence-corrected chi connectivity index (χ2v) is 15.6. The van der Waals surface area contributed by atoms with Crippen LogP contribution in [0.4, 0.5) is 0 Å². The summed E-state index contributed by atoms with van der Waals surface area (Å²) < 4.78 is 11.1. The first-order valence-electron chi connectivity index (χ1n) is 19.1. The van der Waals surface area contributed by atoms with Crippen molar-refractivity contribution in [2.75, 3.05) is 0 Å². The van der Waals surface area contributed by atoms with Gasteiger partial charge < -0.3 is 8.98 Å². The van der Waals surface area contributed by atoms with E-state index in [0.29, 0.717) is 0 Å². The summed E-state index contributed by atoms with van der Waals surface area (Å²) in [5.74, 6) is 0.717. The molecule has 12 rings (SSSR count). The molecular formula is C52H31N3OS. The molecule has 4 heterocycles. The highest BCUT2D eigenvalue weighted by atomic mass is 32.1. The first-order chi connectivity index (χ1) is 28.2. The van der Waals surface area contributed by atoms with Gasteiger partial charge in [-0.2, -0.15) is 0 Å². The molecule has 12 aromatic rings. The zero-order valence-corrected chi connectivity index (χ0v) is 31.4. The molecule has 0 amide bonds. The fraction of sp³-hybridized carbons (Fsp3) is 0. The van der Waals surface area contributed by atoms with Crippen LogP contribution in [0.1, 0.15) is 0 Å². The molecule has 0 radical (unpaired) electrons. The normalized spacial score (nSPS) is 11.9.